The average Bonchev–Trinajstić information content (AvgIpc) is 2.52. The molecule has 18 heavy (non-hydrogen) atoms. The zero-order valence-corrected chi connectivity index (χ0v) is 11.4. The number of rotatable bonds is 1. The maximum Gasteiger partial charge on any atom is 0.150 e. The quantitative estimate of drug-likeness (QED) is 0.830. The normalized spacial score (nSPS) is 19.6. The molecule has 2 rings (SSSR count). The van der Waals surface area contributed by atoms with E-state index in [0.29, 0.717) is 24.2 Å². The van der Waals surface area contributed by atoms with Gasteiger partial charge in [0, 0.05) is 11.7 Å². The Bertz CT molecular complexity index is 609. The predicted molar refractivity (Wildman–Crippen MR) is 70.0 cm³/mol. The van der Waals surface area contributed by atoms with Gasteiger partial charge in [0.1, 0.15) is 21.7 Å². The third-order valence-corrected chi connectivity index (χ3v) is 5.51. The van der Waals surface area contributed by atoms with Crippen molar-refractivity contribution in [3.63, 3.8) is 0 Å². The Labute approximate surface area is 107 Å². The maximum atomic E-state index is 11.4. The van der Waals surface area contributed by atoms with Gasteiger partial charge < -0.3 is 10.3 Å². The first-order valence-corrected chi connectivity index (χ1v) is 7.77. The van der Waals surface area contributed by atoms with Crippen molar-refractivity contribution in [2.45, 2.75) is 32.7 Å². The highest BCUT2D eigenvalue weighted by Gasteiger charge is 2.28. The van der Waals surface area contributed by atoms with E-state index in [-0.39, 0.29) is 17.5 Å². The minimum atomic E-state index is -2.88. The topological polar surface area (TPSA) is 88.9 Å². The maximum absolute atomic E-state index is 11.4. The summed E-state index contributed by atoms with van der Waals surface area (Å²) in [6.07, 6.45) is 1.15. The van der Waals surface area contributed by atoms with Crippen molar-refractivity contribution >= 4 is 15.7 Å². The Hall–Kier alpha value is -1.48. The third kappa shape index (κ3) is 1.99. The molecule has 0 aliphatic carbocycles. The van der Waals surface area contributed by atoms with E-state index in [9.17, 15) is 8.42 Å². The van der Waals surface area contributed by atoms with Crippen LogP contribution in [-0.2, 0) is 9.84 Å². The molecule has 0 unspecified atom stereocenters. The molecule has 0 bridgehead atoms. The van der Waals surface area contributed by atoms with Crippen molar-refractivity contribution in [2.24, 2.45) is 0 Å². The second-order valence-corrected chi connectivity index (χ2v) is 7.14. The lowest BCUT2D eigenvalue weighted by Gasteiger charge is -2.26. The van der Waals surface area contributed by atoms with Gasteiger partial charge >= 0.3 is 0 Å². The van der Waals surface area contributed by atoms with E-state index in [0.717, 1.165) is 11.3 Å². The van der Waals surface area contributed by atoms with Crippen LogP contribution in [0.25, 0.3) is 0 Å². The van der Waals surface area contributed by atoms with Crippen LogP contribution in [0.3, 0.4) is 0 Å². The van der Waals surface area contributed by atoms with Crippen LogP contribution >= 0.6 is 0 Å². The van der Waals surface area contributed by atoms with Crippen LogP contribution in [0.15, 0.2) is 0 Å². The SMILES string of the molecule is Cc1c(C#N)c(N)n(C2CCS(=O)(=O)CC2)c1C. The van der Waals surface area contributed by atoms with Gasteiger partial charge in [0.2, 0.25) is 0 Å². The second-order valence-electron chi connectivity index (χ2n) is 4.84. The van der Waals surface area contributed by atoms with Gasteiger partial charge in [-0.05, 0) is 32.3 Å². The molecular weight excluding hydrogens is 250 g/mol. The van der Waals surface area contributed by atoms with E-state index >= 15 is 0 Å². The highest BCUT2D eigenvalue weighted by Crippen LogP contribution is 2.33. The van der Waals surface area contributed by atoms with Gasteiger partial charge in [-0.2, -0.15) is 5.26 Å². The van der Waals surface area contributed by atoms with Gasteiger partial charge in [-0.3, -0.25) is 0 Å². The Kier molecular flexibility index (Phi) is 3.11. The number of sulfone groups is 1. The first-order chi connectivity index (χ1) is 8.37. The number of nitriles is 1. The number of nitrogen functional groups attached to an aromatic ring is 1. The first-order valence-electron chi connectivity index (χ1n) is 5.94. The summed E-state index contributed by atoms with van der Waals surface area (Å²) in [5.41, 5.74) is 8.38. The van der Waals surface area contributed by atoms with Gasteiger partial charge in [0.05, 0.1) is 17.1 Å². The molecule has 6 heteroatoms. The highest BCUT2D eigenvalue weighted by atomic mass is 32.2. The smallest absolute Gasteiger partial charge is 0.150 e. The predicted octanol–water partition coefficient (Wildman–Crippen LogP) is 1.31. The number of aromatic nitrogens is 1. The van der Waals surface area contributed by atoms with Crippen LogP contribution < -0.4 is 5.73 Å². The van der Waals surface area contributed by atoms with Crippen molar-refractivity contribution in [1.82, 2.24) is 4.57 Å². The fourth-order valence-corrected chi connectivity index (χ4v) is 4.07. The first kappa shape index (κ1) is 13.0. The molecule has 1 aromatic heterocycles. The fourth-order valence-electron chi connectivity index (χ4n) is 2.60. The van der Waals surface area contributed by atoms with E-state index in [2.05, 4.69) is 6.07 Å². The molecule has 0 radical (unpaired) electrons. The van der Waals surface area contributed by atoms with Crippen LogP contribution in [0, 0.1) is 25.2 Å². The van der Waals surface area contributed by atoms with Gasteiger partial charge in [-0.1, -0.05) is 0 Å². The molecule has 1 aliphatic rings. The molecular formula is C12H17N3O2S. The monoisotopic (exact) mass is 267 g/mol. The van der Waals surface area contributed by atoms with Gasteiger partial charge in [0.15, 0.2) is 0 Å². The lowest BCUT2D eigenvalue weighted by atomic mass is 10.1. The van der Waals surface area contributed by atoms with Crippen LogP contribution in [0.2, 0.25) is 0 Å². The standard InChI is InChI=1S/C12H17N3O2S/c1-8-9(2)15(12(14)11(8)7-13)10-3-5-18(16,17)6-4-10/h10H,3-6,14H2,1-2H3. The molecule has 2 heterocycles. The minimum absolute atomic E-state index is 0.0920. The fraction of sp³-hybridized carbons (Fsp3) is 0.583. The van der Waals surface area contributed by atoms with E-state index in [1.807, 2.05) is 18.4 Å². The molecule has 5 nitrogen and oxygen atoms in total. The molecule has 0 amide bonds. The molecule has 1 fully saturated rings. The molecule has 98 valence electrons. The third-order valence-electron chi connectivity index (χ3n) is 3.80. The van der Waals surface area contributed by atoms with Crippen LogP contribution in [-0.4, -0.2) is 24.5 Å². The van der Waals surface area contributed by atoms with E-state index in [1.54, 1.807) is 0 Å². The van der Waals surface area contributed by atoms with Gasteiger partial charge in [0.25, 0.3) is 0 Å². The van der Waals surface area contributed by atoms with Crippen molar-refractivity contribution < 1.29 is 8.42 Å². The lowest BCUT2D eigenvalue weighted by Crippen LogP contribution is -2.26. The van der Waals surface area contributed by atoms with Crippen LogP contribution in [0.4, 0.5) is 5.82 Å². The summed E-state index contributed by atoms with van der Waals surface area (Å²) in [6.45, 7) is 3.80. The summed E-state index contributed by atoms with van der Waals surface area (Å²) in [7, 11) is -2.88. The summed E-state index contributed by atoms with van der Waals surface area (Å²) in [5, 5.41) is 9.08. The van der Waals surface area contributed by atoms with Crippen molar-refractivity contribution in [3.05, 3.63) is 16.8 Å². The molecule has 1 saturated heterocycles. The number of anilines is 1. The second kappa shape index (κ2) is 4.32. The Morgan fingerprint density at radius 3 is 2.33 bits per heavy atom. The average molecular weight is 267 g/mol. The van der Waals surface area contributed by atoms with E-state index < -0.39 is 9.84 Å². The molecule has 0 saturated carbocycles. The minimum Gasteiger partial charge on any atom is -0.384 e. The summed E-state index contributed by atoms with van der Waals surface area (Å²) < 4.78 is 24.8. The van der Waals surface area contributed by atoms with Crippen molar-refractivity contribution in [1.29, 1.82) is 5.26 Å². The molecule has 0 aromatic carbocycles. The van der Waals surface area contributed by atoms with Crippen LogP contribution in [0.1, 0.15) is 35.7 Å². The molecule has 1 aliphatic heterocycles. The molecule has 2 N–H and O–H groups in total. The summed E-state index contributed by atoms with van der Waals surface area (Å²) in [6, 6.07) is 2.21. The van der Waals surface area contributed by atoms with Crippen molar-refractivity contribution in [3.8, 4) is 6.07 Å². The molecule has 1 aromatic rings. The molecule has 0 spiro atoms. The largest absolute Gasteiger partial charge is 0.384 e. The van der Waals surface area contributed by atoms with Crippen LogP contribution in [0.5, 0.6) is 0 Å². The van der Waals surface area contributed by atoms with E-state index in [1.165, 1.54) is 0 Å². The van der Waals surface area contributed by atoms with Gasteiger partial charge in [-0.25, -0.2) is 8.42 Å². The summed E-state index contributed by atoms with van der Waals surface area (Å²) >= 11 is 0. The number of hydrogen-bond acceptors (Lipinski definition) is 4. The Balaban J connectivity index is 2.39. The number of nitrogens with zero attached hydrogens (tertiary/aromatic N) is 2. The zero-order chi connectivity index (χ0) is 13.5. The number of nitrogens with two attached hydrogens (primary N) is 1. The Morgan fingerprint density at radius 1 is 1.33 bits per heavy atom. The van der Waals surface area contributed by atoms with Crippen molar-refractivity contribution in [2.75, 3.05) is 17.2 Å². The molecule has 0 atom stereocenters. The number of hydrogen-bond donors (Lipinski definition) is 1. The van der Waals surface area contributed by atoms with E-state index in [4.69, 9.17) is 11.0 Å². The van der Waals surface area contributed by atoms with Gasteiger partial charge in [-0.15, -0.1) is 0 Å². The lowest BCUT2D eigenvalue weighted by molar-refractivity contribution is 0.448. The summed E-state index contributed by atoms with van der Waals surface area (Å²) in [4.78, 5) is 0. The zero-order valence-electron chi connectivity index (χ0n) is 10.6. The highest BCUT2D eigenvalue weighted by molar-refractivity contribution is 7.91. The Morgan fingerprint density at radius 2 is 1.89 bits per heavy atom. The summed E-state index contributed by atoms with van der Waals surface area (Å²) in [5.74, 6) is 0.877.